The molecule has 2 fully saturated rings. The molecule has 0 aromatic carbocycles. The van der Waals surface area contributed by atoms with E-state index in [-0.39, 0.29) is 40.9 Å². The van der Waals surface area contributed by atoms with Crippen LogP contribution >= 0.6 is 0 Å². The zero-order chi connectivity index (χ0) is 24.2. The number of pyridine rings is 1. The lowest BCUT2D eigenvalue weighted by atomic mass is 9.83. The number of ether oxygens (including phenoxy) is 1. The lowest BCUT2D eigenvalue weighted by molar-refractivity contribution is -0.192. The maximum absolute atomic E-state index is 12.8. The molecule has 0 aliphatic carbocycles. The number of rotatable bonds is 2. The Labute approximate surface area is 182 Å². The van der Waals surface area contributed by atoms with E-state index >= 15 is 0 Å². The molecule has 0 radical (unpaired) electrons. The molecule has 0 saturated carbocycles. The number of carbonyl (C=O) groups excluding carboxylic acids is 2. The normalized spacial score (nSPS) is 22.8. The standard InChI is InChI=1S/C18H25N3O4.C2HF3O2/c1-19(2)16(22)13-9-12-10-21(8-6-15(12)25-11-13)18(24)14-5-4-7-20(3)17(14)23;3-2(4,5)1(6)7/h4-5,7,12-13,15H,6,8-11H2,1-3H3;(H,6,7)/t12-,13-,15+;/m0./s1. The van der Waals surface area contributed by atoms with Crippen LogP contribution in [0.25, 0.3) is 0 Å². The number of aromatic nitrogens is 1. The van der Waals surface area contributed by atoms with Crippen molar-refractivity contribution >= 4 is 17.8 Å². The number of fused-ring (bicyclic) bond motifs is 1. The topological polar surface area (TPSA) is 109 Å². The van der Waals surface area contributed by atoms with E-state index in [1.165, 1.54) is 4.57 Å². The number of nitrogens with zero attached hydrogens (tertiary/aromatic N) is 3. The van der Waals surface area contributed by atoms with Crippen molar-refractivity contribution in [2.75, 3.05) is 33.8 Å². The molecule has 0 bridgehead atoms. The molecule has 1 aromatic rings. The highest BCUT2D eigenvalue weighted by Gasteiger charge is 2.40. The molecule has 32 heavy (non-hydrogen) atoms. The van der Waals surface area contributed by atoms with Crippen molar-refractivity contribution in [3.05, 3.63) is 34.2 Å². The van der Waals surface area contributed by atoms with E-state index < -0.39 is 12.1 Å². The van der Waals surface area contributed by atoms with Crippen molar-refractivity contribution in [2.24, 2.45) is 18.9 Å². The van der Waals surface area contributed by atoms with E-state index in [1.807, 2.05) is 0 Å². The molecule has 12 heteroatoms. The largest absolute Gasteiger partial charge is 0.490 e. The third kappa shape index (κ3) is 6.09. The zero-order valence-corrected chi connectivity index (χ0v) is 18.0. The van der Waals surface area contributed by atoms with Crippen molar-refractivity contribution in [1.29, 1.82) is 0 Å². The van der Waals surface area contributed by atoms with Gasteiger partial charge in [0.05, 0.1) is 18.6 Å². The minimum absolute atomic E-state index is 0.0684. The molecule has 3 heterocycles. The molecule has 2 aliphatic rings. The minimum atomic E-state index is -5.08. The van der Waals surface area contributed by atoms with Crippen LogP contribution in [0, 0.1) is 11.8 Å². The number of carbonyl (C=O) groups is 3. The highest BCUT2D eigenvalue weighted by molar-refractivity contribution is 5.94. The number of carboxylic acid groups (broad SMARTS) is 1. The monoisotopic (exact) mass is 461 g/mol. The second kappa shape index (κ2) is 10.2. The van der Waals surface area contributed by atoms with E-state index in [0.717, 1.165) is 12.8 Å². The van der Waals surface area contributed by atoms with Crippen LogP contribution in [0.2, 0.25) is 0 Å². The third-order valence-corrected chi connectivity index (χ3v) is 5.44. The molecule has 3 atom stereocenters. The number of aryl methyl sites for hydroxylation is 1. The van der Waals surface area contributed by atoms with Crippen LogP contribution in [-0.2, 0) is 21.4 Å². The Morgan fingerprint density at radius 3 is 2.44 bits per heavy atom. The van der Waals surface area contributed by atoms with Gasteiger partial charge in [0.25, 0.3) is 11.5 Å². The highest BCUT2D eigenvalue weighted by Crippen LogP contribution is 2.32. The summed E-state index contributed by atoms with van der Waals surface area (Å²) in [4.78, 5) is 49.4. The smallest absolute Gasteiger partial charge is 0.475 e. The number of alkyl halides is 3. The van der Waals surface area contributed by atoms with Crippen molar-refractivity contribution in [3.8, 4) is 0 Å². The number of halogens is 3. The predicted molar refractivity (Wildman–Crippen MR) is 106 cm³/mol. The van der Waals surface area contributed by atoms with Crippen LogP contribution in [0.1, 0.15) is 23.2 Å². The van der Waals surface area contributed by atoms with Gasteiger partial charge >= 0.3 is 12.1 Å². The number of amides is 2. The summed E-state index contributed by atoms with van der Waals surface area (Å²) in [5, 5.41) is 7.12. The van der Waals surface area contributed by atoms with Gasteiger partial charge in [-0.25, -0.2) is 4.79 Å². The average Bonchev–Trinajstić information content (AvgIpc) is 2.73. The molecule has 2 amide bonds. The number of piperidine rings is 1. The summed E-state index contributed by atoms with van der Waals surface area (Å²) in [6, 6.07) is 3.28. The van der Waals surface area contributed by atoms with Gasteiger partial charge in [-0.15, -0.1) is 0 Å². The summed E-state index contributed by atoms with van der Waals surface area (Å²) in [7, 11) is 5.13. The third-order valence-electron chi connectivity index (χ3n) is 5.44. The molecule has 3 rings (SSSR count). The van der Waals surface area contributed by atoms with Crippen LogP contribution in [0.3, 0.4) is 0 Å². The van der Waals surface area contributed by atoms with Crippen molar-refractivity contribution < 1.29 is 37.4 Å². The number of likely N-dealkylation sites (tertiary alicyclic amines) is 1. The summed E-state index contributed by atoms with van der Waals surface area (Å²) in [5.41, 5.74) is -0.0868. The minimum Gasteiger partial charge on any atom is -0.475 e. The fourth-order valence-electron chi connectivity index (χ4n) is 3.78. The van der Waals surface area contributed by atoms with Gasteiger partial charge < -0.3 is 24.2 Å². The molecular weight excluding hydrogens is 435 g/mol. The van der Waals surface area contributed by atoms with Crippen LogP contribution in [-0.4, -0.2) is 83.3 Å². The van der Waals surface area contributed by atoms with E-state index in [0.29, 0.717) is 19.7 Å². The number of aliphatic carboxylic acids is 1. The molecule has 9 nitrogen and oxygen atoms in total. The number of hydrogen-bond donors (Lipinski definition) is 1. The first kappa shape index (κ1) is 25.4. The van der Waals surface area contributed by atoms with Gasteiger partial charge in [0, 0.05) is 46.3 Å². The van der Waals surface area contributed by atoms with E-state index in [1.54, 1.807) is 49.3 Å². The Kier molecular flexibility index (Phi) is 8.05. The van der Waals surface area contributed by atoms with Crippen LogP contribution in [0.5, 0.6) is 0 Å². The second-order valence-electron chi connectivity index (χ2n) is 7.98. The Bertz CT molecular complexity index is 915. The molecule has 0 spiro atoms. The molecule has 1 N–H and O–H groups in total. The first-order chi connectivity index (χ1) is 14.8. The maximum atomic E-state index is 12.8. The van der Waals surface area contributed by atoms with Crippen molar-refractivity contribution in [1.82, 2.24) is 14.4 Å². The molecule has 0 unspecified atom stereocenters. The van der Waals surface area contributed by atoms with Gasteiger partial charge in [0.2, 0.25) is 5.91 Å². The van der Waals surface area contributed by atoms with Gasteiger partial charge in [-0.2, -0.15) is 13.2 Å². The number of carboxylic acids is 1. The van der Waals surface area contributed by atoms with Gasteiger partial charge in [-0.1, -0.05) is 0 Å². The van der Waals surface area contributed by atoms with Crippen LogP contribution in [0.4, 0.5) is 13.2 Å². The van der Waals surface area contributed by atoms with Crippen molar-refractivity contribution in [2.45, 2.75) is 25.1 Å². The maximum Gasteiger partial charge on any atom is 0.490 e. The molecule has 1 aromatic heterocycles. The Balaban J connectivity index is 0.000000451. The Morgan fingerprint density at radius 2 is 1.88 bits per heavy atom. The van der Waals surface area contributed by atoms with Gasteiger partial charge in [0.1, 0.15) is 5.56 Å². The second-order valence-corrected chi connectivity index (χ2v) is 7.98. The van der Waals surface area contributed by atoms with Crippen molar-refractivity contribution in [3.63, 3.8) is 0 Å². The molecular formula is C20H26F3N3O6. The first-order valence-corrected chi connectivity index (χ1v) is 9.90. The zero-order valence-electron chi connectivity index (χ0n) is 18.0. The first-order valence-electron chi connectivity index (χ1n) is 9.90. The molecule has 2 aliphatic heterocycles. The van der Waals surface area contributed by atoms with Crippen LogP contribution < -0.4 is 5.56 Å². The van der Waals surface area contributed by atoms with Crippen LogP contribution in [0.15, 0.2) is 23.1 Å². The Hall–Kier alpha value is -2.89. The lowest BCUT2D eigenvalue weighted by Crippen LogP contribution is -2.52. The highest BCUT2D eigenvalue weighted by atomic mass is 19.4. The summed E-state index contributed by atoms with van der Waals surface area (Å²) < 4.78 is 39.0. The van der Waals surface area contributed by atoms with E-state index in [2.05, 4.69) is 0 Å². The molecule has 178 valence electrons. The summed E-state index contributed by atoms with van der Waals surface area (Å²) >= 11 is 0. The fraction of sp³-hybridized carbons (Fsp3) is 0.600. The van der Waals surface area contributed by atoms with E-state index in [4.69, 9.17) is 14.6 Å². The summed E-state index contributed by atoms with van der Waals surface area (Å²) in [5.74, 6) is -2.95. The van der Waals surface area contributed by atoms with Gasteiger partial charge in [-0.05, 0) is 25.0 Å². The fourth-order valence-corrected chi connectivity index (χ4v) is 3.78. The molecule has 2 saturated heterocycles. The van der Waals surface area contributed by atoms with Gasteiger partial charge in [-0.3, -0.25) is 14.4 Å². The average molecular weight is 461 g/mol. The summed E-state index contributed by atoms with van der Waals surface area (Å²) in [6.45, 7) is 1.55. The quantitative estimate of drug-likeness (QED) is 0.703. The number of hydrogen-bond acceptors (Lipinski definition) is 5. The lowest BCUT2D eigenvalue weighted by Gasteiger charge is -2.43. The van der Waals surface area contributed by atoms with Gasteiger partial charge in [0.15, 0.2) is 0 Å². The SMILES string of the molecule is CN(C)C(=O)[C@@H]1CO[C@@H]2CCN(C(=O)c3cccn(C)c3=O)C[C@@H]2C1.O=C(O)C(F)(F)F. The summed E-state index contributed by atoms with van der Waals surface area (Å²) in [6.07, 6.45) is -1.89. The van der Waals surface area contributed by atoms with E-state index in [9.17, 15) is 27.6 Å². The Morgan fingerprint density at radius 1 is 1.25 bits per heavy atom. The predicted octanol–water partition coefficient (Wildman–Crippen LogP) is 0.974.